The van der Waals surface area contributed by atoms with Crippen LogP contribution in [0.1, 0.15) is 11.4 Å². The predicted octanol–water partition coefficient (Wildman–Crippen LogP) is 3.83. The van der Waals surface area contributed by atoms with Gasteiger partial charge in [0.05, 0.1) is 25.3 Å². The zero-order chi connectivity index (χ0) is 15.7. The summed E-state index contributed by atoms with van der Waals surface area (Å²) in [5.41, 5.74) is 3.09. The van der Waals surface area contributed by atoms with Gasteiger partial charge in [0.15, 0.2) is 11.5 Å². The van der Waals surface area contributed by atoms with Crippen LogP contribution in [0.4, 0.5) is 0 Å². The Morgan fingerprint density at radius 1 is 1.05 bits per heavy atom. The van der Waals surface area contributed by atoms with Crippen molar-refractivity contribution < 1.29 is 9.47 Å². The number of hydrogen-bond donors (Lipinski definition) is 0. The summed E-state index contributed by atoms with van der Waals surface area (Å²) < 4.78 is 12.7. The number of fused-ring (bicyclic) bond motifs is 1. The van der Waals surface area contributed by atoms with Crippen LogP contribution in [0.15, 0.2) is 36.4 Å². The van der Waals surface area contributed by atoms with Crippen molar-refractivity contribution in [2.45, 2.75) is 6.42 Å². The minimum absolute atomic E-state index is 0.711. The topological polar surface area (TPSA) is 36.3 Å². The number of nitrogens with zero attached hydrogens (tertiary/aromatic N) is 2. The Hall–Kier alpha value is -2.20. The van der Waals surface area contributed by atoms with Gasteiger partial charge in [-0.3, -0.25) is 0 Å². The van der Waals surface area contributed by atoms with E-state index >= 15 is 0 Å². The van der Waals surface area contributed by atoms with Gasteiger partial charge in [-0.2, -0.15) is 0 Å². The molecule has 0 radical (unpaired) electrons. The third-order valence-electron chi connectivity index (χ3n) is 3.75. The van der Waals surface area contributed by atoms with Crippen molar-refractivity contribution in [2.75, 3.05) is 14.2 Å². The van der Waals surface area contributed by atoms with Gasteiger partial charge in [0.2, 0.25) is 0 Å². The van der Waals surface area contributed by atoms with Crippen LogP contribution in [0, 0.1) is 0 Å². The Balaban J connectivity index is 1.98. The number of benzene rings is 2. The molecule has 3 rings (SSSR count). The Bertz CT molecular complexity index is 827. The molecule has 0 spiro atoms. The smallest absolute Gasteiger partial charge is 0.161 e. The van der Waals surface area contributed by atoms with E-state index in [-0.39, 0.29) is 0 Å². The minimum Gasteiger partial charge on any atom is -0.493 e. The van der Waals surface area contributed by atoms with E-state index < -0.39 is 0 Å². The molecule has 3 aromatic rings. The molecule has 0 aliphatic rings. The second-order valence-corrected chi connectivity index (χ2v) is 5.52. The molecular formula is C17H17ClN2O2. The summed E-state index contributed by atoms with van der Waals surface area (Å²) in [6.45, 7) is 0. The van der Waals surface area contributed by atoms with Gasteiger partial charge in [0, 0.05) is 18.5 Å². The number of ether oxygens (including phenoxy) is 2. The molecule has 0 saturated heterocycles. The SMILES string of the molecule is COc1ccc(Cc2nc3ccc(Cl)cc3n2C)cc1OC. The maximum Gasteiger partial charge on any atom is 0.161 e. The van der Waals surface area contributed by atoms with Gasteiger partial charge in [-0.15, -0.1) is 0 Å². The highest BCUT2D eigenvalue weighted by Crippen LogP contribution is 2.29. The number of aromatic nitrogens is 2. The summed E-state index contributed by atoms with van der Waals surface area (Å²) in [5.74, 6) is 2.43. The summed E-state index contributed by atoms with van der Waals surface area (Å²) in [6, 6.07) is 11.6. The monoisotopic (exact) mass is 316 g/mol. The first kappa shape index (κ1) is 14.7. The molecule has 0 N–H and O–H groups in total. The first-order chi connectivity index (χ1) is 10.6. The van der Waals surface area contributed by atoms with Crippen LogP contribution in [0.3, 0.4) is 0 Å². The van der Waals surface area contributed by atoms with Crippen LogP contribution in [-0.4, -0.2) is 23.8 Å². The molecule has 1 aromatic heterocycles. The van der Waals surface area contributed by atoms with Crippen LogP contribution >= 0.6 is 11.6 Å². The average Bonchev–Trinajstić information content (AvgIpc) is 2.83. The average molecular weight is 317 g/mol. The third kappa shape index (κ3) is 2.62. The summed E-state index contributed by atoms with van der Waals surface area (Å²) in [7, 11) is 5.27. The van der Waals surface area contributed by atoms with E-state index in [1.165, 1.54) is 0 Å². The lowest BCUT2D eigenvalue weighted by molar-refractivity contribution is 0.354. The van der Waals surface area contributed by atoms with Crippen LogP contribution in [0.25, 0.3) is 11.0 Å². The Morgan fingerprint density at radius 2 is 1.82 bits per heavy atom. The first-order valence-electron chi connectivity index (χ1n) is 6.94. The largest absolute Gasteiger partial charge is 0.493 e. The normalized spacial score (nSPS) is 10.9. The maximum atomic E-state index is 6.06. The van der Waals surface area contributed by atoms with Gasteiger partial charge in [-0.25, -0.2) is 4.98 Å². The van der Waals surface area contributed by atoms with E-state index in [9.17, 15) is 0 Å². The molecule has 0 amide bonds. The van der Waals surface area contributed by atoms with Gasteiger partial charge in [-0.05, 0) is 35.9 Å². The third-order valence-corrected chi connectivity index (χ3v) is 3.98. The number of aryl methyl sites for hydroxylation is 1. The molecule has 0 atom stereocenters. The molecule has 0 fully saturated rings. The lowest BCUT2D eigenvalue weighted by atomic mass is 10.1. The molecule has 0 aliphatic carbocycles. The van der Waals surface area contributed by atoms with E-state index in [2.05, 4.69) is 9.55 Å². The second-order valence-electron chi connectivity index (χ2n) is 5.09. The Kier molecular flexibility index (Phi) is 3.94. The van der Waals surface area contributed by atoms with E-state index in [0.717, 1.165) is 33.9 Å². The van der Waals surface area contributed by atoms with Gasteiger partial charge >= 0.3 is 0 Å². The van der Waals surface area contributed by atoms with Crippen LogP contribution in [0.5, 0.6) is 11.5 Å². The molecule has 1 heterocycles. The molecule has 0 saturated carbocycles. The summed E-state index contributed by atoms with van der Waals surface area (Å²) in [6.07, 6.45) is 0.711. The number of imidazole rings is 1. The van der Waals surface area contributed by atoms with Gasteiger partial charge in [-0.1, -0.05) is 17.7 Å². The number of hydrogen-bond acceptors (Lipinski definition) is 3. The van der Waals surface area contributed by atoms with Crippen LogP contribution in [-0.2, 0) is 13.5 Å². The molecular weight excluding hydrogens is 300 g/mol. The first-order valence-corrected chi connectivity index (χ1v) is 7.32. The van der Waals surface area contributed by atoms with Crippen molar-refractivity contribution in [3.63, 3.8) is 0 Å². The molecule has 4 nitrogen and oxygen atoms in total. The van der Waals surface area contributed by atoms with Crippen molar-refractivity contribution >= 4 is 22.6 Å². The van der Waals surface area contributed by atoms with Crippen LogP contribution in [0.2, 0.25) is 5.02 Å². The molecule has 114 valence electrons. The zero-order valence-corrected chi connectivity index (χ0v) is 13.5. The molecule has 22 heavy (non-hydrogen) atoms. The quantitative estimate of drug-likeness (QED) is 0.734. The van der Waals surface area contributed by atoms with E-state index in [1.54, 1.807) is 14.2 Å². The Morgan fingerprint density at radius 3 is 2.55 bits per heavy atom. The predicted molar refractivity (Wildman–Crippen MR) is 88.1 cm³/mol. The van der Waals surface area contributed by atoms with Crippen molar-refractivity contribution in [1.29, 1.82) is 0 Å². The standard InChI is InChI=1S/C17H17ClN2O2/c1-20-14-10-12(18)5-6-13(14)19-17(20)9-11-4-7-15(21-2)16(8-11)22-3/h4-8,10H,9H2,1-3H3. The van der Waals surface area contributed by atoms with Gasteiger partial charge in [0.25, 0.3) is 0 Å². The van der Waals surface area contributed by atoms with Crippen molar-refractivity contribution in [1.82, 2.24) is 9.55 Å². The second kappa shape index (κ2) is 5.89. The highest BCUT2D eigenvalue weighted by molar-refractivity contribution is 6.31. The number of methoxy groups -OCH3 is 2. The number of rotatable bonds is 4. The van der Waals surface area contributed by atoms with E-state index in [1.807, 2.05) is 43.4 Å². The highest BCUT2D eigenvalue weighted by atomic mass is 35.5. The molecule has 0 unspecified atom stereocenters. The summed E-state index contributed by atoms with van der Waals surface area (Å²) in [4.78, 5) is 4.68. The summed E-state index contributed by atoms with van der Waals surface area (Å²) in [5, 5.41) is 0.716. The molecule has 0 bridgehead atoms. The fourth-order valence-electron chi connectivity index (χ4n) is 2.54. The van der Waals surface area contributed by atoms with Crippen molar-refractivity contribution in [3.8, 4) is 11.5 Å². The van der Waals surface area contributed by atoms with Crippen molar-refractivity contribution in [2.24, 2.45) is 7.05 Å². The minimum atomic E-state index is 0.711. The van der Waals surface area contributed by atoms with Crippen molar-refractivity contribution in [3.05, 3.63) is 52.8 Å². The zero-order valence-electron chi connectivity index (χ0n) is 12.8. The Labute approximate surface area is 134 Å². The lowest BCUT2D eigenvalue weighted by Crippen LogP contribution is -2.00. The molecule has 2 aromatic carbocycles. The fourth-order valence-corrected chi connectivity index (χ4v) is 2.71. The molecule has 0 aliphatic heterocycles. The fraction of sp³-hybridized carbons (Fsp3) is 0.235. The van der Waals surface area contributed by atoms with Gasteiger partial charge in [0.1, 0.15) is 5.82 Å². The summed E-state index contributed by atoms with van der Waals surface area (Å²) >= 11 is 6.06. The highest BCUT2D eigenvalue weighted by Gasteiger charge is 2.11. The van der Waals surface area contributed by atoms with E-state index in [0.29, 0.717) is 11.4 Å². The lowest BCUT2D eigenvalue weighted by Gasteiger charge is -2.09. The molecule has 5 heteroatoms. The number of halogens is 1. The maximum absolute atomic E-state index is 6.06. The van der Waals surface area contributed by atoms with Crippen LogP contribution < -0.4 is 9.47 Å². The van der Waals surface area contributed by atoms with Gasteiger partial charge < -0.3 is 14.0 Å². The van der Waals surface area contributed by atoms with E-state index in [4.69, 9.17) is 21.1 Å².